The zero-order valence-corrected chi connectivity index (χ0v) is 10.6. The monoisotopic (exact) mass is 249 g/mol. The molecule has 0 aliphatic rings. The van der Waals surface area contributed by atoms with Gasteiger partial charge in [-0.3, -0.25) is 0 Å². The van der Waals surface area contributed by atoms with Gasteiger partial charge < -0.3 is 10.2 Å². The van der Waals surface area contributed by atoms with E-state index in [0.717, 1.165) is 40.5 Å². The summed E-state index contributed by atoms with van der Waals surface area (Å²) in [6.07, 6.45) is 1.83. The summed E-state index contributed by atoms with van der Waals surface area (Å²) in [5, 5.41) is 0.766. The summed E-state index contributed by atoms with van der Waals surface area (Å²) in [6, 6.07) is 9.93. The standard InChI is InChI=1S/C14H16ClNO/c1-10-4-5-11(9-13(10)15)14-7-6-12(17-14)3-2-8-16/h4-7,9H,2-3,8,16H2,1H3. The molecule has 2 nitrogen and oxygen atoms in total. The predicted molar refractivity (Wildman–Crippen MR) is 71.3 cm³/mol. The Morgan fingerprint density at radius 3 is 2.76 bits per heavy atom. The van der Waals surface area contributed by atoms with Crippen molar-refractivity contribution in [3.63, 3.8) is 0 Å². The Labute approximate surface area is 106 Å². The molecular weight excluding hydrogens is 234 g/mol. The summed E-state index contributed by atoms with van der Waals surface area (Å²) >= 11 is 6.10. The van der Waals surface area contributed by atoms with Crippen LogP contribution >= 0.6 is 11.6 Å². The zero-order valence-electron chi connectivity index (χ0n) is 9.87. The molecule has 0 amide bonds. The third-order valence-corrected chi connectivity index (χ3v) is 3.15. The van der Waals surface area contributed by atoms with Crippen molar-refractivity contribution in [3.05, 3.63) is 46.7 Å². The summed E-state index contributed by atoms with van der Waals surface area (Å²) in [7, 11) is 0. The largest absolute Gasteiger partial charge is 0.461 e. The van der Waals surface area contributed by atoms with Gasteiger partial charge >= 0.3 is 0 Å². The molecule has 0 aliphatic carbocycles. The van der Waals surface area contributed by atoms with Crippen LogP contribution < -0.4 is 5.73 Å². The molecule has 17 heavy (non-hydrogen) atoms. The van der Waals surface area contributed by atoms with Gasteiger partial charge in [-0.2, -0.15) is 0 Å². The minimum absolute atomic E-state index is 0.687. The van der Waals surface area contributed by atoms with E-state index >= 15 is 0 Å². The molecule has 1 heterocycles. The number of aryl methyl sites for hydroxylation is 2. The van der Waals surface area contributed by atoms with Crippen LogP contribution in [-0.4, -0.2) is 6.54 Å². The highest BCUT2D eigenvalue weighted by Gasteiger charge is 2.06. The van der Waals surface area contributed by atoms with Crippen molar-refractivity contribution in [2.24, 2.45) is 5.73 Å². The van der Waals surface area contributed by atoms with E-state index in [1.54, 1.807) is 0 Å². The van der Waals surface area contributed by atoms with E-state index in [1.807, 2.05) is 37.3 Å². The maximum atomic E-state index is 6.10. The van der Waals surface area contributed by atoms with Gasteiger partial charge in [0.25, 0.3) is 0 Å². The van der Waals surface area contributed by atoms with Crippen LogP contribution in [-0.2, 0) is 6.42 Å². The van der Waals surface area contributed by atoms with E-state index in [-0.39, 0.29) is 0 Å². The van der Waals surface area contributed by atoms with Gasteiger partial charge in [0, 0.05) is 17.0 Å². The smallest absolute Gasteiger partial charge is 0.134 e. The Hall–Kier alpha value is -1.25. The Balaban J connectivity index is 2.21. The quantitative estimate of drug-likeness (QED) is 0.895. The molecule has 90 valence electrons. The Bertz CT molecular complexity index is 505. The Morgan fingerprint density at radius 2 is 2.06 bits per heavy atom. The molecule has 2 N–H and O–H groups in total. The third kappa shape index (κ3) is 2.90. The fourth-order valence-electron chi connectivity index (χ4n) is 1.69. The highest BCUT2D eigenvalue weighted by molar-refractivity contribution is 6.31. The minimum atomic E-state index is 0.687. The van der Waals surface area contributed by atoms with Gasteiger partial charge in [0.05, 0.1) is 0 Å². The topological polar surface area (TPSA) is 39.2 Å². The van der Waals surface area contributed by atoms with Crippen molar-refractivity contribution in [2.75, 3.05) is 6.54 Å². The van der Waals surface area contributed by atoms with Crippen molar-refractivity contribution >= 4 is 11.6 Å². The number of rotatable bonds is 4. The molecule has 0 spiro atoms. The minimum Gasteiger partial charge on any atom is -0.461 e. The van der Waals surface area contributed by atoms with Crippen LogP contribution in [0.5, 0.6) is 0 Å². The van der Waals surface area contributed by atoms with Gasteiger partial charge in [-0.25, -0.2) is 0 Å². The highest BCUT2D eigenvalue weighted by atomic mass is 35.5. The summed E-state index contributed by atoms with van der Waals surface area (Å²) in [5.74, 6) is 1.83. The molecule has 0 saturated carbocycles. The number of benzene rings is 1. The number of furan rings is 1. The molecule has 0 atom stereocenters. The molecule has 0 fully saturated rings. The van der Waals surface area contributed by atoms with E-state index in [1.165, 1.54) is 0 Å². The van der Waals surface area contributed by atoms with E-state index in [4.69, 9.17) is 21.8 Å². The average Bonchev–Trinajstić information content (AvgIpc) is 2.79. The van der Waals surface area contributed by atoms with Gasteiger partial charge in [-0.1, -0.05) is 23.7 Å². The number of halogens is 1. The molecule has 2 rings (SSSR count). The summed E-state index contributed by atoms with van der Waals surface area (Å²) in [4.78, 5) is 0. The molecule has 0 bridgehead atoms. The Kier molecular flexibility index (Phi) is 3.87. The summed E-state index contributed by atoms with van der Waals surface area (Å²) < 4.78 is 5.75. The number of hydrogen-bond donors (Lipinski definition) is 1. The van der Waals surface area contributed by atoms with E-state index in [2.05, 4.69) is 0 Å². The summed E-state index contributed by atoms with van der Waals surface area (Å²) in [6.45, 7) is 2.67. The zero-order chi connectivity index (χ0) is 12.3. The van der Waals surface area contributed by atoms with Crippen LogP contribution in [0.1, 0.15) is 17.7 Å². The molecule has 0 aliphatic heterocycles. The van der Waals surface area contributed by atoms with Crippen molar-refractivity contribution in [1.29, 1.82) is 0 Å². The fourth-order valence-corrected chi connectivity index (χ4v) is 1.87. The molecule has 2 aromatic rings. The SMILES string of the molecule is Cc1ccc(-c2ccc(CCCN)o2)cc1Cl. The van der Waals surface area contributed by atoms with Crippen LogP contribution in [0.25, 0.3) is 11.3 Å². The van der Waals surface area contributed by atoms with Crippen LogP contribution in [0.3, 0.4) is 0 Å². The molecule has 3 heteroatoms. The van der Waals surface area contributed by atoms with E-state index in [9.17, 15) is 0 Å². The lowest BCUT2D eigenvalue weighted by molar-refractivity contribution is 0.515. The van der Waals surface area contributed by atoms with Crippen LogP contribution in [0.2, 0.25) is 5.02 Å². The first kappa shape index (κ1) is 12.2. The van der Waals surface area contributed by atoms with Crippen molar-refractivity contribution in [3.8, 4) is 11.3 Å². The molecule has 1 aromatic carbocycles. The second kappa shape index (κ2) is 5.39. The predicted octanol–water partition coefficient (Wildman–Crippen LogP) is 3.80. The first-order valence-electron chi connectivity index (χ1n) is 5.76. The van der Waals surface area contributed by atoms with Gasteiger partial charge in [0.1, 0.15) is 11.5 Å². The first-order chi connectivity index (χ1) is 8.20. The van der Waals surface area contributed by atoms with Crippen LogP contribution in [0, 0.1) is 6.92 Å². The van der Waals surface area contributed by atoms with Gasteiger partial charge in [0.2, 0.25) is 0 Å². The molecule has 0 saturated heterocycles. The number of hydrogen-bond acceptors (Lipinski definition) is 2. The maximum Gasteiger partial charge on any atom is 0.134 e. The maximum absolute atomic E-state index is 6.10. The van der Waals surface area contributed by atoms with Crippen molar-refractivity contribution in [1.82, 2.24) is 0 Å². The van der Waals surface area contributed by atoms with Gasteiger partial charge in [0.15, 0.2) is 0 Å². The third-order valence-electron chi connectivity index (χ3n) is 2.75. The lowest BCUT2D eigenvalue weighted by Crippen LogP contribution is -1.99. The van der Waals surface area contributed by atoms with E-state index < -0.39 is 0 Å². The molecule has 1 aromatic heterocycles. The van der Waals surface area contributed by atoms with Gasteiger partial charge in [-0.15, -0.1) is 0 Å². The van der Waals surface area contributed by atoms with Crippen molar-refractivity contribution in [2.45, 2.75) is 19.8 Å². The normalized spacial score (nSPS) is 10.8. The van der Waals surface area contributed by atoms with E-state index in [0.29, 0.717) is 6.54 Å². The average molecular weight is 250 g/mol. The summed E-state index contributed by atoms with van der Waals surface area (Å²) in [5.41, 5.74) is 7.56. The lowest BCUT2D eigenvalue weighted by Gasteiger charge is -2.01. The van der Waals surface area contributed by atoms with Crippen LogP contribution in [0.15, 0.2) is 34.7 Å². The van der Waals surface area contributed by atoms with Crippen LogP contribution in [0.4, 0.5) is 0 Å². The lowest BCUT2D eigenvalue weighted by atomic mass is 10.1. The second-order valence-electron chi connectivity index (χ2n) is 4.12. The molecule has 0 unspecified atom stereocenters. The van der Waals surface area contributed by atoms with Gasteiger partial charge in [-0.05, 0) is 43.7 Å². The molecular formula is C14H16ClNO. The second-order valence-corrected chi connectivity index (χ2v) is 4.53. The Morgan fingerprint density at radius 1 is 1.24 bits per heavy atom. The highest BCUT2D eigenvalue weighted by Crippen LogP contribution is 2.27. The number of nitrogens with two attached hydrogens (primary N) is 1. The fraction of sp³-hybridized carbons (Fsp3) is 0.286. The first-order valence-corrected chi connectivity index (χ1v) is 6.14. The molecule has 0 radical (unpaired) electrons. The van der Waals surface area contributed by atoms with Crippen molar-refractivity contribution < 1.29 is 4.42 Å².